The molecule has 0 radical (unpaired) electrons. The lowest BCUT2D eigenvalue weighted by Gasteiger charge is -2.10. The smallest absolute Gasteiger partial charge is 0.508 e. The van der Waals surface area contributed by atoms with E-state index in [1.165, 1.54) is 0 Å². The average molecular weight is 275 g/mol. The number of hydrogen-bond donors (Lipinski definition) is 1. The van der Waals surface area contributed by atoms with E-state index in [1.54, 1.807) is 0 Å². The highest BCUT2D eigenvalue weighted by Crippen LogP contribution is 2.35. The number of aromatic hydroxyl groups is 1. The van der Waals surface area contributed by atoms with Crippen LogP contribution in [0.5, 0.6) is 11.5 Å². The summed E-state index contributed by atoms with van der Waals surface area (Å²) in [5, 5.41) is 8.81. The van der Waals surface area contributed by atoms with Gasteiger partial charge in [-0.1, -0.05) is 0 Å². The van der Waals surface area contributed by atoms with Gasteiger partial charge in [-0.05, 0) is 15.9 Å². The highest BCUT2D eigenvalue weighted by molar-refractivity contribution is 9.10. The molecule has 1 rings (SSSR count). The Bertz CT molecular complexity index is 350. The van der Waals surface area contributed by atoms with E-state index in [0.29, 0.717) is 12.1 Å². The van der Waals surface area contributed by atoms with Crippen molar-refractivity contribution in [3.8, 4) is 11.5 Å². The van der Waals surface area contributed by atoms with Crippen LogP contribution in [0.4, 0.5) is 17.6 Å². The third kappa shape index (κ3) is 2.76. The SMILES string of the molecule is Oc1cc(F)c(Br)c(OC(F)(F)F)c1. The van der Waals surface area contributed by atoms with Gasteiger partial charge in [-0.2, -0.15) is 0 Å². The highest BCUT2D eigenvalue weighted by Gasteiger charge is 2.32. The normalized spacial score (nSPS) is 11.5. The van der Waals surface area contributed by atoms with E-state index in [0.717, 1.165) is 0 Å². The molecule has 1 aromatic rings. The summed E-state index contributed by atoms with van der Waals surface area (Å²) in [6.45, 7) is 0. The zero-order chi connectivity index (χ0) is 10.9. The number of benzene rings is 1. The van der Waals surface area contributed by atoms with Gasteiger partial charge in [0.05, 0.1) is 4.47 Å². The van der Waals surface area contributed by atoms with Crippen molar-refractivity contribution in [1.29, 1.82) is 0 Å². The molecule has 0 aliphatic rings. The van der Waals surface area contributed by atoms with Crippen LogP contribution in [0, 0.1) is 5.82 Å². The summed E-state index contributed by atoms with van der Waals surface area (Å²) in [4.78, 5) is 0. The van der Waals surface area contributed by atoms with E-state index < -0.39 is 28.2 Å². The predicted octanol–water partition coefficient (Wildman–Crippen LogP) is 3.19. The molecule has 1 aromatic carbocycles. The van der Waals surface area contributed by atoms with E-state index in [1.807, 2.05) is 0 Å². The standard InChI is InChI=1S/C7H3BrF4O2/c8-6-4(9)1-3(13)2-5(6)14-7(10,11)12/h1-2,13H. The first-order chi connectivity index (χ1) is 6.29. The fourth-order valence-corrected chi connectivity index (χ4v) is 1.06. The van der Waals surface area contributed by atoms with Crippen molar-refractivity contribution in [3.63, 3.8) is 0 Å². The molecule has 0 heterocycles. The van der Waals surface area contributed by atoms with Gasteiger partial charge >= 0.3 is 6.36 Å². The summed E-state index contributed by atoms with van der Waals surface area (Å²) >= 11 is 2.56. The van der Waals surface area contributed by atoms with E-state index in [4.69, 9.17) is 5.11 Å². The number of ether oxygens (including phenoxy) is 1. The largest absolute Gasteiger partial charge is 0.573 e. The second-order valence-electron chi connectivity index (χ2n) is 2.29. The van der Waals surface area contributed by atoms with Gasteiger partial charge < -0.3 is 9.84 Å². The van der Waals surface area contributed by atoms with E-state index >= 15 is 0 Å². The maximum absolute atomic E-state index is 12.8. The van der Waals surface area contributed by atoms with Crippen LogP contribution in [0.3, 0.4) is 0 Å². The predicted molar refractivity (Wildman–Crippen MR) is 42.4 cm³/mol. The molecule has 0 aliphatic carbocycles. The lowest BCUT2D eigenvalue weighted by Crippen LogP contribution is -2.17. The van der Waals surface area contributed by atoms with Crippen molar-refractivity contribution in [2.75, 3.05) is 0 Å². The molecule has 0 aromatic heterocycles. The molecule has 0 bridgehead atoms. The first-order valence-electron chi connectivity index (χ1n) is 3.23. The lowest BCUT2D eigenvalue weighted by atomic mass is 10.3. The third-order valence-electron chi connectivity index (χ3n) is 1.21. The second kappa shape index (κ2) is 3.64. The number of hydrogen-bond acceptors (Lipinski definition) is 2. The monoisotopic (exact) mass is 274 g/mol. The van der Waals surface area contributed by atoms with Crippen molar-refractivity contribution < 1.29 is 27.4 Å². The van der Waals surface area contributed by atoms with Gasteiger partial charge in [-0.3, -0.25) is 0 Å². The van der Waals surface area contributed by atoms with Crippen LogP contribution >= 0.6 is 15.9 Å². The van der Waals surface area contributed by atoms with Crippen molar-refractivity contribution in [2.24, 2.45) is 0 Å². The van der Waals surface area contributed by atoms with Crippen molar-refractivity contribution in [1.82, 2.24) is 0 Å². The van der Waals surface area contributed by atoms with Crippen LogP contribution in [0.1, 0.15) is 0 Å². The first-order valence-corrected chi connectivity index (χ1v) is 4.02. The molecule has 78 valence electrons. The third-order valence-corrected chi connectivity index (χ3v) is 1.97. The van der Waals surface area contributed by atoms with E-state index in [2.05, 4.69) is 20.7 Å². The van der Waals surface area contributed by atoms with Gasteiger partial charge in [0, 0.05) is 12.1 Å². The molecule has 0 aliphatic heterocycles. The van der Waals surface area contributed by atoms with Gasteiger partial charge in [0.25, 0.3) is 0 Å². The number of alkyl halides is 3. The highest BCUT2D eigenvalue weighted by atomic mass is 79.9. The minimum absolute atomic E-state index is 0.493. The average Bonchev–Trinajstić information content (AvgIpc) is 1.96. The molecule has 1 N–H and O–H groups in total. The molecular formula is C7H3BrF4O2. The van der Waals surface area contributed by atoms with Crippen LogP contribution in [0.2, 0.25) is 0 Å². The van der Waals surface area contributed by atoms with Gasteiger partial charge in [0.15, 0.2) is 0 Å². The molecule has 0 fully saturated rings. The molecule has 0 unspecified atom stereocenters. The van der Waals surface area contributed by atoms with Crippen molar-refractivity contribution >= 4 is 15.9 Å². The molecule has 0 amide bonds. The Morgan fingerprint density at radius 1 is 1.29 bits per heavy atom. The van der Waals surface area contributed by atoms with Gasteiger partial charge in [-0.25, -0.2) is 4.39 Å². The fraction of sp³-hybridized carbons (Fsp3) is 0.143. The Morgan fingerprint density at radius 2 is 1.86 bits per heavy atom. The maximum atomic E-state index is 12.8. The zero-order valence-corrected chi connectivity index (χ0v) is 7.99. The minimum Gasteiger partial charge on any atom is -0.508 e. The summed E-state index contributed by atoms with van der Waals surface area (Å²) in [5.41, 5.74) is 0. The quantitative estimate of drug-likeness (QED) is 0.797. The summed E-state index contributed by atoms with van der Waals surface area (Å²) in [6, 6.07) is 1.31. The van der Waals surface area contributed by atoms with Crippen LogP contribution in [0.15, 0.2) is 16.6 Å². The van der Waals surface area contributed by atoms with Crippen molar-refractivity contribution in [3.05, 3.63) is 22.4 Å². The zero-order valence-electron chi connectivity index (χ0n) is 6.40. The molecule has 0 spiro atoms. The van der Waals surface area contributed by atoms with E-state index in [-0.39, 0.29) is 0 Å². The van der Waals surface area contributed by atoms with Crippen LogP contribution in [0.25, 0.3) is 0 Å². The Kier molecular flexibility index (Phi) is 2.89. The van der Waals surface area contributed by atoms with Crippen LogP contribution in [-0.4, -0.2) is 11.5 Å². The molecule has 0 atom stereocenters. The Morgan fingerprint density at radius 3 is 2.36 bits per heavy atom. The first kappa shape index (κ1) is 11.1. The van der Waals surface area contributed by atoms with Gasteiger partial charge in [0.1, 0.15) is 17.3 Å². The number of halogens is 5. The summed E-state index contributed by atoms with van der Waals surface area (Å²) in [6.07, 6.45) is -4.93. The fourth-order valence-electron chi connectivity index (χ4n) is 0.749. The molecular weight excluding hydrogens is 272 g/mol. The Labute approximate surface area is 84.2 Å². The second-order valence-corrected chi connectivity index (χ2v) is 3.08. The lowest BCUT2D eigenvalue weighted by molar-refractivity contribution is -0.275. The van der Waals surface area contributed by atoms with Crippen LogP contribution in [-0.2, 0) is 0 Å². The molecule has 0 saturated heterocycles. The summed E-state index contributed by atoms with van der Waals surface area (Å²) in [7, 11) is 0. The topological polar surface area (TPSA) is 29.5 Å². The number of phenols is 1. The molecule has 7 heteroatoms. The minimum atomic E-state index is -4.93. The maximum Gasteiger partial charge on any atom is 0.573 e. The molecule has 14 heavy (non-hydrogen) atoms. The van der Waals surface area contributed by atoms with Crippen LogP contribution < -0.4 is 4.74 Å². The molecule has 0 saturated carbocycles. The van der Waals surface area contributed by atoms with E-state index in [9.17, 15) is 17.6 Å². The number of rotatable bonds is 1. The number of phenolic OH excluding ortho intramolecular Hbond substituents is 1. The van der Waals surface area contributed by atoms with Gasteiger partial charge in [0.2, 0.25) is 0 Å². The van der Waals surface area contributed by atoms with Crippen molar-refractivity contribution in [2.45, 2.75) is 6.36 Å². The Hall–Kier alpha value is -0.980. The molecule has 2 nitrogen and oxygen atoms in total. The summed E-state index contributed by atoms with van der Waals surface area (Å²) in [5.74, 6) is -2.51. The summed E-state index contributed by atoms with van der Waals surface area (Å²) < 4.78 is 50.9. The van der Waals surface area contributed by atoms with Gasteiger partial charge in [-0.15, -0.1) is 13.2 Å². The Balaban J connectivity index is 3.09.